The van der Waals surface area contributed by atoms with Gasteiger partial charge in [0.2, 0.25) is 0 Å². The molecule has 1 aromatic heterocycles. The highest BCUT2D eigenvalue weighted by Crippen LogP contribution is 2.31. The van der Waals surface area contributed by atoms with Crippen molar-refractivity contribution in [2.75, 3.05) is 25.9 Å². The van der Waals surface area contributed by atoms with Crippen molar-refractivity contribution < 1.29 is 4.74 Å². The molecular weight excluding hydrogens is 238 g/mol. The molecule has 100 valence electrons. The Morgan fingerprint density at radius 2 is 2.00 bits per heavy atom. The Morgan fingerprint density at radius 3 is 2.79 bits per heavy atom. The molecule has 0 aliphatic carbocycles. The first-order chi connectivity index (χ1) is 9.24. The van der Waals surface area contributed by atoms with Crippen LogP contribution in [0.5, 0.6) is 5.75 Å². The summed E-state index contributed by atoms with van der Waals surface area (Å²) < 4.78 is 6.16. The van der Waals surface area contributed by atoms with E-state index in [-0.39, 0.29) is 0 Å². The number of piperidine rings is 1. The molecule has 2 N–H and O–H groups in total. The minimum atomic E-state index is 0.302. The van der Waals surface area contributed by atoms with E-state index in [2.05, 4.69) is 16.9 Å². The van der Waals surface area contributed by atoms with Gasteiger partial charge < -0.3 is 15.4 Å². The Morgan fingerprint density at radius 1 is 1.21 bits per heavy atom. The van der Waals surface area contributed by atoms with Crippen LogP contribution in [-0.2, 0) is 0 Å². The SMILES string of the molecule is CN1CCC(Oc2ccc(N)c3cnccc23)CC1. The number of likely N-dealkylation sites (tertiary alicyclic amines) is 1. The van der Waals surface area contributed by atoms with E-state index in [1.54, 1.807) is 12.4 Å². The maximum absolute atomic E-state index is 6.16. The van der Waals surface area contributed by atoms with Gasteiger partial charge in [-0.25, -0.2) is 0 Å². The van der Waals surface area contributed by atoms with Crippen LogP contribution < -0.4 is 10.5 Å². The zero-order valence-electron chi connectivity index (χ0n) is 11.2. The number of rotatable bonds is 2. The maximum atomic E-state index is 6.16. The van der Waals surface area contributed by atoms with Crippen molar-refractivity contribution in [1.82, 2.24) is 9.88 Å². The first-order valence-electron chi connectivity index (χ1n) is 6.71. The lowest BCUT2D eigenvalue weighted by molar-refractivity contribution is 0.116. The Hall–Kier alpha value is -1.81. The number of aromatic nitrogens is 1. The van der Waals surface area contributed by atoms with Gasteiger partial charge in [0.05, 0.1) is 0 Å². The van der Waals surface area contributed by atoms with Crippen LogP contribution in [0, 0.1) is 0 Å². The van der Waals surface area contributed by atoms with Crippen LogP contribution in [-0.4, -0.2) is 36.1 Å². The third-order valence-electron chi connectivity index (χ3n) is 3.77. The molecule has 2 aromatic rings. The average molecular weight is 257 g/mol. The van der Waals surface area contributed by atoms with Gasteiger partial charge in [-0.2, -0.15) is 0 Å². The second kappa shape index (κ2) is 5.05. The van der Waals surface area contributed by atoms with Crippen molar-refractivity contribution in [3.63, 3.8) is 0 Å². The molecule has 0 saturated carbocycles. The van der Waals surface area contributed by atoms with E-state index in [0.29, 0.717) is 6.10 Å². The smallest absolute Gasteiger partial charge is 0.127 e. The molecule has 0 radical (unpaired) electrons. The Bertz CT molecular complexity index is 577. The van der Waals surface area contributed by atoms with Crippen molar-refractivity contribution in [3.05, 3.63) is 30.6 Å². The minimum Gasteiger partial charge on any atom is -0.490 e. The summed E-state index contributed by atoms with van der Waals surface area (Å²) in [4.78, 5) is 6.47. The van der Waals surface area contributed by atoms with Gasteiger partial charge in [-0.1, -0.05) is 0 Å². The van der Waals surface area contributed by atoms with Gasteiger partial charge in [0.1, 0.15) is 11.9 Å². The van der Waals surface area contributed by atoms with Crippen LogP contribution in [0.2, 0.25) is 0 Å². The van der Waals surface area contributed by atoms with Crippen molar-refractivity contribution in [1.29, 1.82) is 0 Å². The zero-order valence-corrected chi connectivity index (χ0v) is 11.2. The van der Waals surface area contributed by atoms with E-state index < -0.39 is 0 Å². The molecule has 4 heteroatoms. The van der Waals surface area contributed by atoms with Crippen molar-refractivity contribution in [2.24, 2.45) is 0 Å². The van der Waals surface area contributed by atoms with Crippen LogP contribution in [0.1, 0.15) is 12.8 Å². The molecule has 1 aliphatic rings. The van der Waals surface area contributed by atoms with Gasteiger partial charge in [0.25, 0.3) is 0 Å². The molecule has 2 heterocycles. The van der Waals surface area contributed by atoms with Crippen LogP contribution in [0.25, 0.3) is 10.8 Å². The first-order valence-corrected chi connectivity index (χ1v) is 6.71. The number of nitrogen functional groups attached to an aromatic ring is 1. The highest BCUT2D eigenvalue weighted by atomic mass is 16.5. The van der Waals surface area contributed by atoms with Gasteiger partial charge in [0.15, 0.2) is 0 Å². The predicted molar refractivity (Wildman–Crippen MR) is 77.3 cm³/mol. The van der Waals surface area contributed by atoms with Crippen molar-refractivity contribution in [2.45, 2.75) is 18.9 Å². The van der Waals surface area contributed by atoms with E-state index >= 15 is 0 Å². The summed E-state index contributed by atoms with van der Waals surface area (Å²) in [5.74, 6) is 0.918. The molecule has 1 aromatic carbocycles. The number of pyridine rings is 1. The summed E-state index contributed by atoms with van der Waals surface area (Å²) in [5, 5.41) is 2.02. The number of ether oxygens (including phenoxy) is 1. The van der Waals surface area contributed by atoms with E-state index in [0.717, 1.165) is 48.1 Å². The summed E-state index contributed by atoms with van der Waals surface area (Å²) >= 11 is 0. The summed E-state index contributed by atoms with van der Waals surface area (Å²) in [6, 6.07) is 5.83. The Kier molecular flexibility index (Phi) is 3.25. The van der Waals surface area contributed by atoms with Gasteiger partial charge in [-0.15, -0.1) is 0 Å². The van der Waals surface area contributed by atoms with Crippen LogP contribution in [0.15, 0.2) is 30.6 Å². The second-order valence-electron chi connectivity index (χ2n) is 5.19. The molecule has 0 spiro atoms. The summed E-state index contributed by atoms with van der Waals surface area (Å²) in [5.41, 5.74) is 6.72. The van der Waals surface area contributed by atoms with Gasteiger partial charge in [0, 0.05) is 41.9 Å². The molecular formula is C15H19N3O. The second-order valence-corrected chi connectivity index (χ2v) is 5.19. The van der Waals surface area contributed by atoms with Crippen molar-refractivity contribution in [3.8, 4) is 5.75 Å². The van der Waals surface area contributed by atoms with E-state index in [9.17, 15) is 0 Å². The normalized spacial score (nSPS) is 17.7. The summed E-state index contributed by atoms with van der Waals surface area (Å²) in [6.07, 6.45) is 6.03. The van der Waals surface area contributed by atoms with E-state index in [4.69, 9.17) is 10.5 Å². The lowest BCUT2D eigenvalue weighted by atomic mass is 10.1. The van der Waals surface area contributed by atoms with Gasteiger partial charge in [-0.3, -0.25) is 4.98 Å². The number of nitrogens with zero attached hydrogens (tertiary/aromatic N) is 2. The third-order valence-corrected chi connectivity index (χ3v) is 3.77. The van der Waals surface area contributed by atoms with E-state index in [1.807, 2.05) is 18.2 Å². The lowest BCUT2D eigenvalue weighted by Gasteiger charge is -2.29. The molecule has 19 heavy (non-hydrogen) atoms. The van der Waals surface area contributed by atoms with Crippen LogP contribution in [0.3, 0.4) is 0 Å². The molecule has 1 aliphatic heterocycles. The third kappa shape index (κ3) is 2.49. The fourth-order valence-corrected chi connectivity index (χ4v) is 2.57. The van der Waals surface area contributed by atoms with Crippen LogP contribution in [0.4, 0.5) is 5.69 Å². The number of fused-ring (bicyclic) bond motifs is 1. The Balaban J connectivity index is 1.87. The molecule has 0 atom stereocenters. The first kappa shape index (κ1) is 12.2. The van der Waals surface area contributed by atoms with Crippen molar-refractivity contribution >= 4 is 16.5 Å². The zero-order chi connectivity index (χ0) is 13.2. The van der Waals surface area contributed by atoms with Crippen LogP contribution >= 0.6 is 0 Å². The maximum Gasteiger partial charge on any atom is 0.127 e. The minimum absolute atomic E-state index is 0.302. The molecule has 1 saturated heterocycles. The number of hydrogen-bond acceptors (Lipinski definition) is 4. The highest BCUT2D eigenvalue weighted by Gasteiger charge is 2.19. The predicted octanol–water partition coefficient (Wildman–Crippen LogP) is 2.29. The number of hydrogen-bond donors (Lipinski definition) is 1. The molecule has 0 unspecified atom stereocenters. The number of anilines is 1. The summed E-state index contributed by atoms with van der Waals surface area (Å²) in [7, 11) is 2.15. The highest BCUT2D eigenvalue weighted by molar-refractivity contribution is 5.96. The molecule has 0 amide bonds. The standard InChI is InChI=1S/C15H19N3O/c1-18-8-5-11(6-9-18)19-15-3-2-14(16)13-10-17-7-4-12(13)15/h2-4,7,10-11H,5-6,8-9,16H2,1H3. The fraction of sp³-hybridized carbons (Fsp3) is 0.400. The molecule has 1 fully saturated rings. The van der Waals surface area contributed by atoms with Gasteiger partial charge >= 0.3 is 0 Å². The monoisotopic (exact) mass is 257 g/mol. The molecule has 4 nitrogen and oxygen atoms in total. The molecule has 3 rings (SSSR count). The largest absolute Gasteiger partial charge is 0.490 e. The number of benzene rings is 1. The van der Waals surface area contributed by atoms with E-state index in [1.165, 1.54) is 0 Å². The quantitative estimate of drug-likeness (QED) is 0.839. The molecule has 0 bridgehead atoms. The van der Waals surface area contributed by atoms with Gasteiger partial charge in [-0.05, 0) is 38.1 Å². The topological polar surface area (TPSA) is 51.4 Å². The lowest BCUT2D eigenvalue weighted by Crippen LogP contribution is -2.35. The number of nitrogens with two attached hydrogens (primary N) is 1. The fourth-order valence-electron chi connectivity index (χ4n) is 2.57. The average Bonchev–Trinajstić information content (AvgIpc) is 2.45. The Labute approximate surface area is 113 Å². The summed E-state index contributed by atoms with van der Waals surface area (Å²) in [6.45, 7) is 2.19.